The van der Waals surface area contributed by atoms with Crippen molar-refractivity contribution in [1.82, 2.24) is 14.8 Å². The first kappa shape index (κ1) is 17.4. The van der Waals surface area contributed by atoms with E-state index in [0.717, 1.165) is 18.4 Å². The molecule has 9 heteroatoms. The van der Waals surface area contributed by atoms with Crippen molar-refractivity contribution in [2.45, 2.75) is 43.5 Å². The molecule has 3 rings (SSSR count). The molecule has 1 aliphatic rings. The zero-order valence-corrected chi connectivity index (χ0v) is 14.8. The van der Waals surface area contributed by atoms with Gasteiger partial charge in [-0.25, -0.2) is 18.4 Å². The van der Waals surface area contributed by atoms with Crippen LogP contribution >= 0.6 is 0 Å². The number of nitrogen functional groups attached to an aromatic ring is 1. The number of aryl methyl sites for hydroxylation is 1. The molecule has 5 N–H and O–H groups in total. The van der Waals surface area contributed by atoms with Gasteiger partial charge >= 0.3 is 0 Å². The number of hydrogen-bond acceptors (Lipinski definition) is 7. The molecule has 0 radical (unpaired) electrons. The second-order valence-electron chi connectivity index (χ2n) is 6.15. The van der Waals surface area contributed by atoms with E-state index >= 15 is 0 Å². The van der Waals surface area contributed by atoms with Gasteiger partial charge in [-0.3, -0.25) is 5.43 Å². The average molecular weight is 362 g/mol. The van der Waals surface area contributed by atoms with Gasteiger partial charge in [-0.1, -0.05) is 30.5 Å². The highest BCUT2D eigenvalue weighted by atomic mass is 32.2. The number of anilines is 3. The highest BCUT2D eigenvalue weighted by Gasteiger charge is 2.19. The Morgan fingerprint density at radius 1 is 1.08 bits per heavy atom. The van der Waals surface area contributed by atoms with E-state index in [-0.39, 0.29) is 16.4 Å². The molecule has 0 unspecified atom stereocenters. The quantitative estimate of drug-likeness (QED) is 0.580. The number of aromatic nitrogens is 2. The van der Waals surface area contributed by atoms with Gasteiger partial charge < -0.3 is 11.1 Å². The summed E-state index contributed by atoms with van der Waals surface area (Å²) < 4.78 is 24.6. The van der Waals surface area contributed by atoms with Gasteiger partial charge in [-0.2, -0.15) is 0 Å². The van der Waals surface area contributed by atoms with E-state index in [1.165, 1.54) is 31.3 Å². The molecule has 0 amide bonds. The maximum Gasteiger partial charge on any atom is 0.257 e. The van der Waals surface area contributed by atoms with Gasteiger partial charge in [-0.15, -0.1) is 4.83 Å². The molecule has 134 valence electrons. The molecule has 0 spiro atoms. The molecule has 0 atom stereocenters. The molecular formula is C16H22N6O2S. The zero-order chi connectivity index (χ0) is 17.9. The molecule has 1 heterocycles. The number of nitrogens with one attached hydrogen (secondary N) is 3. The Hall–Kier alpha value is -2.39. The fourth-order valence-electron chi connectivity index (χ4n) is 2.77. The Morgan fingerprint density at radius 3 is 2.40 bits per heavy atom. The van der Waals surface area contributed by atoms with E-state index < -0.39 is 10.0 Å². The predicted octanol–water partition coefficient (Wildman–Crippen LogP) is 2.03. The van der Waals surface area contributed by atoms with Crippen LogP contribution in [0.4, 0.5) is 17.3 Å². The molecular weight excluding hydrogens is 340 g/mol. The van der Waals surface area contributed by atoms with Gasteiger partial charge in [0.05, 0.1) is 4.90 Å². The van der Waals surface area contributed by atoms with Crippen LogP contribution in [-0.2, 0) is 10.0 Å². The molecule has 8 nitrogen and oxygen atoms in total. The lowest BCUT2D eigenvalue weighted by molar-refractivity contribution is 0.587. The number of benzene rings is 1. The summed E-state index contributed by atoms with van der Waals surface area (Å²) in [5, 5.41) is 3.29. The zero-order valence-electron chi connectivity index (χ0n) is 14.0. The van der Waals surface area contributed by atoms with Crippen molar-refractivity contribution in [3.63, 3.8) is 0 Å². The summed E-state index contributed by atoms with van der Waals surface area (Å²) in [6.07, 6.45) is 5.86. The summed E-state index contributed by atoms with van der Waals surface area (Å²) in [5.74, 6) is 0.727. The van der Waals surface area contributed by atoms with Gasteiger partial charge in [0.25, 0.3) is 10.0 Å². The number of nitrogens with two attached hydrogens (primary N) is 1. The van der Waals surface area contributed by atoms with Crippen LogP contribution in [0.15, 0.2) is 35.5 Å². The highest BCUT2D eigenvalue weighted by Crippen LogP contribution is 2.27. The van der Waals surface area contributed by atoms with Gasteiger partial charge in [0, 0.05) is 6.04 Å². The van der Waals surface area contributed by atoms with Crippen LogP contribution in [0.3, 0.4) is 0 Å². The van der Waals surface area contributed by atoms with Gasteiger partial charge in [-0.05, 0) is 31.9 Å². The number of sulfonamides is 1. The van der Waals surface area contributed by atoms with Crippen LogP contribution in [0.5, 0.6) is 0 Å². The normalized spacial score (nSPS) is 15.2. The monoisotopic (exact) mass is 362 g/mol. The largest absolute Gasteiger partial charge is 0.393 e. The van der Waals surface area contributed by atoms with Crippen molar-refractivity contribution >= 4 is 27.3 Å². The predicted molar refractivity (Wildman–Crippen MR) is 97.4 cm³/mol. The third-order valence-electron chi connectivity index (χ3n) is 4.22. The second-order valence-corrected chi connectivity index (χ2v) is 7.84. The standard InChI is InChI=1S/C16H22N6O2S/c1-11-6-8-13(9-7-11)25(23,24)22-21-16-14(17)15(18-10-19-16)20-12-4-2-3-5-12/h6-10,12,22H,2-5,17H2,1H3,(H2,18,19,20,21). The highest BCUT2D eigenvalue weighted by molar-refractivity contribution is 7.89. The topological polar surface area (TPSA) is 122 Å². The van der Waals surface area contributed by atoms with E-state index in [9.17, 15) is 8.42 Å². The van der Waals surface area contributed by atoms with E-state index in [0.29, 0.717) is 11.9 Å². The second kappa shape index (κ2) is 7.24. The summed E-state index contributed by atoms with van der Waals surface area (Å²) in [6, 6.07) is 6.88. The van der Waals surface area contributed by atoms with Gasteiger partial charge in [0.1, 0.15) is 12.0 Å². The van der Waals surface area contributed by atoms with Crippen LogP contribution in [0.25, 0.3) is 0 Å². The molecule has 0 bridgehead atoms. The molecule has 2 aromatic rings. The van der Waals surface area contributed by atoms with Crippen molar-refractivity contribution in [2.24, 2.45) is 0 Å². The van der Waals surface area contributed by atoms with Crippen molar-refractivity contribution in [3.05, 3.63) is 36.2 Å². The number of hydrogen-bond donors (Lipinski definition) is 4. The third-order valence-corrected chi connectivity index (χ3v) is 5.48. The van der Waals surface area contributed by atoms with E-state index in [1.807, 2.05) is 6.92 Å². The molecule has 25 heavy (non-hydrogen) atoms. The maximum absolute atomic E-state index is 12.3. The lowest BCUT2D eigenvalue weighted by atomic mass is 10.2. The Kier molecular flexibility index (Phi) is 5.05. The van der Waals surface area contributed by atoms with Crippen molar-refractivity contribution < 1.29 is 8.42 Å². The van der Waals surface area contributed by atoms with Crippen molar-refractivity contribution in [2.75, 3.05) is 16.5 Å². The number of rotatable bonds is 6. The third kappa shape index (κ3) is 4.18. The Labute approximate surface area is 147 Å². The first-order valence-corrected chi connectivity index (χ1v) is 9.65. The summed E-state index contributed by atoms with van der Waals surface area (Å²) in [4.78, 5) is 10.6. The van der Waals surface area contributed by atoms with Crippen LogP contribution in [0.2, 0.25) is 0 Å². The molecule has 0 saturated heterocycles. The van der Waals surface area contributed by atoms with E-state index in [1.54, 1.807) is 12.1 Å². The van der Waals surface area contributed by atoms with Gasteiger partial charge in [0.15, 0.2) is 11.6 Å². The Morgan fingerprint density at radius 2 is 1.72 bits per heavy atom. The Bertz CT molecular complexity index is 832. The summed E-state index contributed by atoms with van der Waals surface area (Å²) in [6.45, 7) is 1.89. The van der Waals surface area contributed by atoms with Crippen LogP contribution in [-0.4, -0.2) is 24.4 Å². The average Bonchev–Trinajstić information content (AvgIpc) is 3.09. The van der Waals surface area contributed by atoms with E-state index in [4.69, 9.17) is 5.73 Å². The number of hydrazine groups is 1. The minimum atomic E-state index is -3.72. The first-order valence-electron chi connectivity index (χ1n) is 8.17. The first-order chi connectivity index (χ1) is 12.0. The SMILES string of the molecule is Cc1ccc(S(=O)(=O)NNc2ncnc(NC3CCCC3)c2N)cc1. The summed E-state index contributed by atoms with van der Waals surface area (Å²) >= 11 is 0. The fraction of sp³-hybridized carbons (Fsp3) is 0.375. The van der Waals surface area contributed by atoms with Gasteiger partial charge in [0.2, 0.25) is 0 Å². The number of nitrogens with zero attached hydrogens (tertiary/aromatic N) is 2. The molecule has 1 aromatic heterocycles. The van der Waals surface area contributed by atoms with Crippen LogP contribution in [0, 0.1) is 6.92 Å². The molecule has 1 aromatic carbocycles. The molecule has 1 saturated carbocycles. The fourth-order valence-corrected chi connectivity index (χ4v) is 3.61. The Balaban J connectivity index is 1.71. The smallest absolute Gasteiger partial charge is 0.257 e. The maximum atomic E-state index is 12.3. The summed E-state index contributed by atoms with van der Waals surface area (Å²) in [7, 11) is -3.72. The van der Waals surface area contributed by atoms with E-state index in [2.05, 4.69) is 25.5 Å². The van der Waals surface area contributed by atoms with Crippen LogP contribution in [0.1, 0.15) is 31.2 Å². The van der Waals surface area contributed by atoms with Crippen LogP contribution < -0.4 is 21.3 Å². The molecule has 0 aliphatic heterocycles. The molecule has 1 fully saturated rings. The lowest BCUT2D eigenvalue weighted by Crippen LogP contribution is -2.30. The van der Waals surface area contributed by atoms with Crippen molar-refractivity contribution in [1.29, 1.82) is 0 Å². The van der Waals surface area contributed by atoms with Crippen molar-refractivity contribution in [3.8, 4) is 0 Å². The lowest BCUT2D eigenvalue weighted by Gasteiger charge is -2.16. The summed E-state index contributed by atoms with van der Waals surface area (Å²) in [5.41, 5.74) is 9.90. The minimum Gasteiger partial charge on any atom is -0.393 e. The molecule has 1 aliphatic carbocycles. The minimum absolute atomic E-state index is 0.155.